The van der Waals surface area contributed by atoms with Gasteiger partial charge >= 0.3 is 5.76 Å². The van der Waals surface area contributed by atoms with Gasteiger partial charge in [0.05, 0.1) is 5.52 Å². The largest absolute Gasteiger partial charge is 0.461 e. The van der Waals surface area contributed by atoms with Crippen LogP contribution in [0, 0.1) is 5.92 Å². The summed E-state index contributed by atoms with van der Waals surface area (Å²) >= 11 is 0. The summed E-state index contributed by atoms with van der Waals surface area (Å²) in [5.74, 6) is 2.04. The molecule has 2 atom stereocenters. The number of amides is 1. The summed E-state index contributed by atoms with van der Waals surface area (Å²) in [6, 6.07) is 8.78. The zero-order chi connectivity index (χ0) is 16.7. The molecular weight excluding hydrogens is 308 g/mol. The van der Waals surface area contributed by atoms with Crippen molar-refractivity contribution in [1.29, 1.82) is 0 Å². The maximum Gasteiger partial charge on any atom is 0.417 e. The molecule has 2 heterocycles. The van der Waals surface area contributed by atoms with Gasteiger partial charge in [0.25, 0.3) is 0 Å². The van der Waals surface area contributed by atoms with E-state index in [9.17, 15) is 9.59 Å². The third-order valence-corrected chi connectivity index (χ3v) is 4.21. The van der Waals surface area contributed by atoms with E-state index in [2.05, 4.69) is 17.2 Å². The fraction of sp³-hybridized carbons (Fsp3) is 0.222. The average molecular weight is 324 g/mol. The normalized spacial score (nSPS) is 19.9. The fourth-order valence-electron chi connectivity index (χ4n) is 2.75. The van der Waals surface area contributed by atoms with Crippen molar-refractivity contribution < 1.29 is 13.6 Å². The Bertz CT molecular complexity index is 992. The first-order chi connectivity index (χ1) is 11.6. The number of aromatic amines is 1. The van der Waals surface area contributed by atoms with Crippen LogP contribution >= 0.6 is 0 Å². The molecule has 1 saturated carbocycles. The van der Waals surface area contributed by atoms with E-state index < -0.39 is 5.76 Å². The van der Waals surface area contributed by atoms with E-state index >= 15 is 0 Å². The highest BCUT2D eigenvalue weighted by molar-refractivity contribution is 6.02. The third-order valence-electron chi connectivity index (χ3n) is 4.21. The van der Waals surface area contributed by atoms with Crippen LogP contribution in [0.2, 0.25) is 0 Å². The Balaban J connectivity index is 1.43. The molecule has 1 aliphatic carbocycles. The molecule has 1 amide bonds. The van der Waals surface area contributed by atoms with Gasteiger partial charge in [0, 0.05) is 17.7 Å². The maximum absolute atomic E-state index is 12.0. The molecule has 0 spiro atoms. The summed E-state index contributed by atoms with van der Waals surface area (Å²) in [7, 11) is 0. The van der Waals surface area contributed by atoms with Gasteiger partial charge in [-0.25, -0.2) is 4.79 Å². The highest BCUT2D eigenvalue weighted by Gasteiger charge is 2.36. The molecule has 2 N–H and O–H groups in total. The number of carbonyl (C=O) groups is 1. The van der Waals surface area contributed by atoms with Crippen LogP contribution in [0.3, 0.4) is 0 Å². The van der Waals surface area contributed by atoms with Crippen LogP contribution in [0.15, 0.2) is 50.0 Å². The van der Waals surface area contributed by atoms with Gasteiger partial charge in [-0.15, -0.1) is 0 Å². The van der Waals surface area contributed by atoms with Gasteiger partial charge in [0.2, 0.25) is 5.91 Å². The molecule has 122 valence electrons. The molecule has 0 bridgehead atoms. The third kappa shape index (κ3) is 2.90. The second-order valence-corrected chi connectivity index (χ2v) is 6.11. The number of aromatic nitrogens is 1. The second kappa shape index (κ2) is 5.56. The van der Waals surface area contributed by atoms with Crippen LogP contribution in [0.1, 0.15) is 30.8 Å². The summed E-state index contributed by atoms with van der Waals surface area (Å²) in [5, 5.41) is 2.73. The minimum absolute atomic E-state index is 0.280. The summed E-state index contributed by atoms with van der Waals surface area (Å²) in [6.07, 6.45) is 4.22. The van der Waals surface area contributed by atoms with Crippen molar-refractivity contribution in [2.45, 2.75) is 19.3 Å². The van der Waals surface area contributed by atoms with Crippen molar-refractivity contribution in [3.8, 4) is 0 Å². The Morgan fingerprint density at radius 1 is 1.29 bits per heavy atom. The van der Waals surface area contributed by atoms with E-state index in [4.69, 9.17) is 8.83 Å². The second-order valence-electron chi connectivity index (χ2n) is 6.11. The highest BCUT2D eigenvalue weighted by atomic mass is 16.4. The van der Waals surface area contributed by atoms with Crippen LogP contribution in [0.25, 0.3) is 17.2 Å². The monoisotopic (exact) mass is 324 g/mol. The van der Waals surface area contributed by atoms with Gasteiger partial charge in [-0.3, -0.25) is 9.78 Å². The Morgan fingerprint density at radius 3 is 2.92 bits per heavy atom. The minimum Gasteiger partial charge on any atom is -0.461 e. The molecular formula is C18H16N2O4. The maximum atomic E-state index is 12.0. The van der Waals surface area contributed by atoms with E-state index in [0.717, 1.165) is 12.2 Å². The van der Waals surface area contributed by atoms with E-state index in [0.29, 0.717) is 34.4 Å². The zero-order valence-electron chi connectivity index (χ0n) is 13.0. The van der Waals surface area contributed by atoms with Gasteiger partial charge < -0.3 is 14.2 Å². The molecule has 1 fully saturated rings. The van der Waals surface area contributed by atoms with Gasteiger partial charge in [-0.2, -0.15) is 0 Å². The lowest BCUT2D eigenvalue weighted by Crippen LogP contribution is -2.07. The van der Waals surface area contributed by atoms with E-state index in [1.54, 1.807) is 24.3 Å². The topological polar surface area (TPSA) is 88.2 Å². The molecule has 24 heavy (non-hydrogen) atoms. The first-order valence-electron chi connectivity index (χ1n) is 7.80. The molecule has 4 rings (SSSR count). The van der Waals surface area contributed by atoms with Crippen molar-refractivity contribution in [3.05, 3.63) is 58.5 Å². The van der Waals surface area contributed by atoms with Gasteiger partial charge in [0.15, 0.2) is 5.58 Å². The summed E-state index contributed by atoms with van der Waals surface area (Å²) < 4.78 is 10.6. The van der Waals surface area contributed by atoms with E-state index in [1.807, 2.05) is 12.1 Å². The fourth-order valence-corrected chi connectivity index (χ4v) is 2.75. The molecule has 3 aromatic rings. The number of hydrogen-bond donors (Lipinski definition) is 2. The predicted molar refractivity (Wildman–Crippen MR) is 89.7 cm³/mol. The van der Waals surface area contributed by atoms with Crippen molar-refractivity contribution in [3.63, 3.8) is 0 Å². The molecule has 1 aromatic carbocycles. The number of carbonyl (C=O) groups excluding carboxylic acids is 1. The average Bonchev–Trinajstić information content (AvgIpc) is 2.97. The van der Waals surface area contributed by atoms with E-state index in [-0.39, 0.29) is 5.91 Å². The summed E-state index contributed by atoms with van der Waals surface area (Å²) in [4.78, 5) is 25.7. The van der Waals surface area contributed by atoms with Crippen LogP contribution in [0.5, 0.6) is 0 Å². The Hall–Kier alpha value is -3.02. The summed E-state index contributed by atoms with van der Waals surface area (Å²) in [5.41, 5.74) is 1.56. The molecule has 2 aromatic heterocycles. The Kier molecular flexibility index (Phi) is 3.37. The molecule has 6 nitrogen and oxygen atoms in total. The number of oxazole rings is 1. The van der Waals surface area contributed by atoms with Crippen LogP contribution in [-0.4, -0.2) is 10.9 Å². The first kappa shape index (κ1) is 14.6. The van der Waals surface area contributed by atoms with E-state index in [1.165, 1.54) is 6.08 Å². The number of hydrogen-bond acceptors (Lipinski definition) is 4. The number of H-pyrrole nitrogens is 1. The SMILES string of the molecule is C[C@@H]1C[C@H]1c1ccc(/C=C/C(=O)Nc2ccc3oc(=O)[nH]c3c2)o1. The van der Waals surface area contributed by atoms with Crippen LogP contribution < -0.4 is 11.1 Å². The minimum atomic E-state index is -0.521. The molecule has 0 radical (unpaired) electrons. The Morgan fingerprint density at radius 2 is 2.12 bits per heavy atom. The predicted octanol–water partition coefficient (Wildman–Crippen LogP) is 3.49. The lowest BCUT2D eigenvalue weighted by Gasteiger charge is -2.01. The number of rotatable bonds is 4. The standard InChI is InChI=1S/C18H16N2O4/c1-10-8-13(10)15-6-3-12(23-15)4-7-17(21)19-11-2-5-16-14(9-11)20-18(22)24-16/h2-7,9-10,13H,8H2,1H3,(H,19,21)(H,20,22)/b7-4+/t10-,13-/m1/s1. The van der Waals surface area contributed by atoms with Gasteiger partial charge in [-0.05, 0) is 48.7 Å². The quantitative estimate of drug-likeness (QED) is 0.719. The molecule has 0 unspecified atom stereocenters. The molecule has 6 heteroatoms. The number of anilines is 1. The number of furan rings is 1. The van der Waals surface area contributed by atoms with Crippen molar-refractivity contribution in [1.82, 2.24) is 4.98 Å². The van der Waals surface area contributed by atoms with Crippen LogP contribution in [0.4, 0.5) is 5.69 Å². The molecule has 1 aliphatic rings. The van der Waals surface area contributed by atoms with Gasteiger partial charge in [0.1, 0.15) is 11.5 Å². The Labute approximate surface area is 137 Å². The highest BCUT2D eigenvalue weighted by Crippen LogP contribution is 2.47. The van der Waals surface area contributed by atoms with Crippen molar-refractivity contribution in [2.75, 3.05) is 5.32 Å². The molecule has 0 saturated heterocycles. The van der Waals surface area contributed by atoms with Crippen molar-refractivity contribution >= 4 is 28.8 Å². The lowest BCUT2D eigenvalue weighted by atomic mass is 10.2. The number of fused-ring (bicyclic) bond motifs is 1. The van der Waals surface area contributed by atoms with Crippen molar-refractivity contribution in [2.24, 2.45) is 5.92 Å². The lowest BCUT2D eigenvalue weighted by molar-refractivity contribution is -0.111. The molecule has 0 aliphatic heterocycles. The smallest absolute Gasteiger partial charge is 0.417 e. The number of nitrogens with one attached hydrogen (secondary N) is 2. The van der Waals surface area contributed by atoms with Gasteiger partial charge in [-0.1, -0.05) is 6.92 Å². The summed E-state index contributed by atoms with van der Waals surface area (Å²) in [6.45, 7) is 2.19. The number of benzene rings is 1. The van der Waals surface area contributed by atoms with Crippen LogP contribution in [-0.2, 0) is 4.79 Å². The zero-order valence-corrected chi connectivity index (χ0v) is 13.0. The first-order valence-corrected chi connectivity index (χ1v) is 7.80.